The standard InChI is InChI=1S/C13H15N3O2/c1-14-13-8-15-10(7-16-13)9-18-12-5-3-11(17-2)4-6-12/h3-8H,9H2,1-2H3,(H,14,16). The first-order valence-corrected chi connectivity index (χ1v) is 5.57. The molecule has 5 nitrogen and oxygen atoms in total. The molecule has 2 rings (SSSR count). The SMILES string of the molecule is CNc1cnc(COc2ccc(OC)cc2)cn1. The molecule has 0 bridgehead atoms. The van der Waals surface area contributed by atoms with Gasteiger partial charge in [0.1, 0.15) is 23.9 Å². The molecule has 0 aliphatic heterocycles. The summed E-state index contributed by atoms with van der Waals surface area (Å²) in [5.41, 5.74) is 0.782. The van der Waals surface area contributed by atoms with E-state index in [0.29, 0.717) is 6.61 Å². The maximum atomic E-state index is 5.59. The van der Waals surface area contributed by atoms with E-state index in [1.54, 1.807) is 26.6 Å². The van der Waals surface area contributed by atoms with Crippen molar-refractivity contribution in [1.82, 2.24) is 9.97 Å². The third-order valence-electron chi connectivity index (χ3n) is 2.41. The maximum Gasteiger partial charge on any atom is 0.144 e. The molecule has 0 unspecified atom stereocenters. The van der Waals surface area contributed by atoms with Crippen LogP contribution in [0.1, 0.15) is 5.69 Å². The Morgan fingerprint density at radius 1 is 1.06 bits per heavy atom. The number of aromatic nitrogens is 2. The maximum absolute atomic E-state index is 5.59. The van der Waals surface area contributed by atoms with Crippen molar-refractivity contribution in [3.63, 3.8) is 0 Å². The number of nitrogens with zero attached hydrogens (tertiary/aromatic N) is 2. The number of methoxy groups -OCH3 is 1. The topological polar surface area (TPSA) is 56.3 Å². The highest BCUT2D eigenvalue weighted by Crippen LogP contribution is 2.17. The van der Waals surface area contributed by atoms with Crippen molar-refractivity contribution in [2.45, 2.75) is 6.61 Å². The second kappa shape index (κ2) is 5.86. The third kappa shape index (κ3) is 3.10. The van der Waals surface area contributed by atoms with E-state index < -0.39 is 0 Å². The molecule has 94 valence electrons. The quantitative estimate of drug-likeness (QED) is 0.874. The predicted molar refractivity (Wildman–Crippen MR) is 68.9 cm³/mol. The summed E-state index contributed by atoms with van der Waals surface area (Å²) in [7, 11) is 3.44. The van der Waals surface area contributed by atoms with Crippen molar-refractivity contribution in [1.29, 1.82) is 0 Å². The Morgan fingerprint density at radius 2 is 1.78 bits per heavy atom. The molecule has 0 saturated heterocycles. The van der Waals surface area contributed by atoms with Gasteiger partial charge in [0.15, 0.2) is 0 Å². The lowest BCUT2D eigenvalue weighted by Crippen LogP contribution is -2.01. The van der Waals surface area contributed by atoms with Crippen LogP contribution in [0.3, 0.4) is 0 Å². The number of benzene rings is 1. The van der Waals surface area contributed by atoms with Crippen LogP contribution >= 0.6 is 0 Å². The van der Waals surface area contributed by atoms with Gasteiger partial charge in [-0.1, -0.05) is 0 Å². The third-order valence-corrected chi connectivity index (χ3v) is 2.41. The van der Waals surface area contributed by atoms with Gasteiger partial charge in [-0.25, -0.2) is 4.98 Å². The first-order chi connectivity index (χ1) is 8.81. The highest BCUT2D eigenvalue weighted by Gasteiger charge is 1.99. The van der Waals surface area contributed by atoms with E-state index >= 15 is 0 Å². The number of ether oxygens (including phenoxy) is 2. The summed E-state index contributed by atoms with van der Waals surface area (Å²) in [4.78, 5) is 8.39. The minimum atomic E-state index is 0.392. The fourth-order valence-corrected chi connectivity index (χ4v) is 1.39. The van der Waals surface area contributed by atoms with Crippen molar-refractivity contribution >= 4 is 5.82 Å². The number of hydrogen-bond acceptors (Lipinski definition) is 5. The Balaban J connectivity index is 1.93. The van der Waals surface area contributed by atoms with Gasteiger partial charge in [0.25, 0.3) is 0 Å². The zero-order valence-corrected chi connectivity index (χ0v) is 10.4. The molecule has 0 aliphatic carbocycles. The average molecular weight is 245 g/mol. The Hall–Kier alpha value is -2.30. The number of rotatable bonds is 5. The van der Waals surface area contributed by atoms with Crippen molar-refractivity contribution in [3.05, 3.63) is 42.4 Å². The lowest BCUT2D eigenvalue weighted by Gasteiger charge is -2.06. The molecule has 0 atom stereocenters. The van der Waals surface area contributed by atoms with Crippen molar-refractivity contribution < 1.29 is 9.47 Å². The number of nitrogens with one attached hydrogen (secondary N) is 1. The molecule has 0 saturated carbocycles. The van der Waals surface area contributed by atoms with Gasteiger partial charge in [-0.2, -0.15) is 0 Å². The van der Waals surface area contributed by atoms with E-state index in [4.69, 9.17) is 9.47 Å². The van der Waals surface area contributed by atoms with Gasteiger partial charge in [-0.05, 0) is 24.3 Å². The summed E-state index contributed by atoms with van der Waals surface area (Å²) in [5, 5.41) is 2.91. The molecule has 0 radical (unpaired) electrons. The van der Waals surface area contributed by atoms with Crippen LogP contribution in [0.4, 0.5) is 5.82 Å². The minimum absolute atomic E-state index is 0.392. The first-order valence-electron chi connectivity index (χ1n) is 5.57. The summed E-state index contributed by atoms with van der Waals surface area (Å²) in [5.74, 6) is 2.32. The molecule has 1 N–H and O–H groups in total. The van der Waals surface area contributed by atoms with Crippen LogP contribution in [-0.4, -0.2) is 24.1 Å². The molecular weight excluding hydrogens is 230 g/mol. The van der Waals surface area contributed by atoms with Crippen LogP contribution in [-0.2, 0) is 6.61 Å². The second-order valence-corrected chi connectivity index (χ2v) is 3.61. The van der Waals surface area contributed by atoms with E-state index in [1.807, 2.05) is 24.3 Å². The Kier molecular flexibility index (Phi) is 3.96. The molecule has 0 fully saturated rings. The lowest BCUT2D eigenvalue weighted by atomic mass is 10.3. The fourth-order valence-electron chi connectivity index (χ4n) is 1.39. The van der Waals surface area contributed by atoms with Crippen molar-refractivity contribution in [3.8, 4) is 11.5 Å². The Bertz CT molecular complexity index is 435. The van der Waals surface area contributed by atoms with Crippen molar-refractivity contribution in [2.24, 2.45) is 0 Å². The van der Waals surface area contributed by atoms with Gasteiger partial charge in [0, 0.05) is 7.05 Å². The molecule has 18 heavy (non-hydrogen) atoms. The second-order valence-electron chi connectivity index (χ2n) is 3.61. The van der Waals surface area contributed by atoms with Gasteiger partial charge in [-0.3, -0.25) is 4.98 Å². The zero-order chi connectivity index (χ0) is 12.8. The van der Waals surface area contributed by atoms with Gasteiger partial charge >= 0.3 is 0 Å². The largest absolute Gasteiger partial charge is 0.497 e. The van der Waals surface area contributed by atoms with Crippen LogP contribution in [0.15, 0.2) is 36.7 Å². The van der Waals surface area contributed by atoms with E-state index in [2.05, 4.69) is 15.3 Å². The van der Waals surface area contributed by atoms with Gasteiger partial charge in [0.2, 0.25) is 0 Å². The summed E-state index contributed by atoms with van der Waals surface area (Å²) >= 11 is 0. The molecule has 0 spiro atoms. The van der Waals surface area contributed by atoms with E-state index in [1.165, 1.54) is 0 Å². The van der Waals surface area contributed by atoms with E-state index in [9.17, 15) is 0 Å². The van der Waals surface area contributed by atoms with E-state index in [-0.39, 0.29) is 0 Å². The van der Waals surface area contributed by atoms with Gasteiger partial charge < -0.3 is 14.8 Å². The Morgan fingerprint density at radius 3 is 2.33 bits per heavy atom. The van der Waals surface area contributed by atoms with Gasteiger partial charge in [0.05, 0.1) is 25.2 Å². The van der Waals surface area contributed by atoms with Crippen molar-refractivity contribution in [2.75, 3.05) is 19.5 Å². The Labute approximate surface area is 106 Å². The van der Waals surface area contributed by atoms with Crippen LogP contribution in [0.5, 0.6) is 11.5 Å². The van der Waals surface area contributed by atoms with Gasteiger partial charge in [-0.15, -0.1) is 0 Å². The predicted octanol–water partition coefficient (Wildman–Crippen LogP) is 2.11. The molecule has 2 aromatic rings. The van der Waals surface area contributed by atoms with Crippen LogP contribution in [0.25, 0.3) is 0 Å². The number of hydrogen-bond donors (Lipinski definition) is 1. The highest BCUT2D eigenvalue weighted by molar-refractivity contribution is 5.31. The number of anilines is 1. The first kappa shape index (κ1) is 12.2. The van der Waals surface area contributed by atoms with Crippen LogP contribution in [0, 0.1) is 0 Å². The lowest BCUT2D eigenvalue weighted by molar-refractivity contribution is 0.300. The molecule has 5 heteroatoms. The summed E-state index contributed by atoms with van der Waals surface area (Å²) < 4.78 is 10.7. The van der Waals surface area contributed by atoms with Crippen LogP contribution < -0.4 is 14.8 Å². The molecule has 1 aromatic heterocycles. The zero-order valence-electron chi connectivity index (χ0n) is 10.4. The molecule has 1 heterocycles. The molecule has 1 aromatic carbocycles. The summed E-state index contributed by atoms with van der Waals surface area (Å²) in [6.45, 7) is 0.392. The smallest absolute Gasteiger partial charge is 0.144 e. The minimum Gasteiger partial charge on any atom is -0.497 e. The highest BCUT2D eigenvalue weighted by atomic mass is 16.5. The molecular formula is C13H15N3O2. The summed E-state index contributed by atoms with van der Waals surface area (Å²) in [6, 6.07) is 7.42. The van der Waals surface area contributed by atoms with Crippen LogP contribution in [0.2, 0.25) is 0 Å². The normalized spacial score (nSPS) is 9.89. The summed E-state index contributed by atoms with van der Waals surface area (Å²) in [6.07, 6.45) is 3.36. The molecule has 0 aliphatic rings. The monoisotopic (exact) mass is 245 g/mol. The fraction of sp³-hybridized carbons (Fsp3) is 0.231. The average Bonchev–Trinajstić information content (AvgIpc) is 2.46. The molecule has 0 amide bonds. The van der Waals surface area contributed by atoms with E-state index in [0.717, 1.165) is 23.0 Å².